The van der Waals surface area contributed by atoms with Crippen molar-refractivity contribution in [3.05, 3.63) is 29.6 Å². The van der Waals surface area contributed by atoms with Gasteiger partial charge in [-0.25, -0.2) is 9.18 Å². The Bertz CT molecular complexity index is 525. The van der Waals surface area contributed by atoms with Crippen molar-refractivity contribution in [3.63, 3.8) is 0 Å². The Balaban J connectivity index is 1.67. The first-order valence-corrected chi connectivity index (χ1v) is 7.55. The number of ether oxygens (including phenoxy) is 1. The third kappa shape index (κ3) is 3.35. The molecule has 1 saturated heterocycles. The monoisotopic (exact) mass is 292 g/mol. The lowest BCUT2D eigenvalue weighted by molar-refractivity contribution is 0.167. The molecule has 1 N–H and O–H groups in total. The molecule has 5 heteroatoms. The Hall–Kier alpha value is -1.62. The van der Waals surface area contributed by atoms with Crippen LogP contribution in [0.4, 0.5) is 14.9 Å². The maximum absolute atomic E-state index is 14.0. The van der Waals surface area contributed by atoms with E-state index in [2.05, 4.69) is 5.32 Å². The Labute approximate surface area is 124 Å². The number of carbonyl (C=O) groups excluding carboxylic acids is 1. The van der Waals surface area contributed by atoms with Crippen LogP contribution in [0.5, 0.6) is 0 Å². The van der Waals surface area contributed by atoms with E-state index in [1.807, 2.05) is 4.90 Å². The van der Waals surface area contributed by atoms with Crippen LogP contribution >= 0.6 is 0 Å². The van der Waals surface area contributed by atoms with Crippen LogP contribution in [-0.4, -0.2) is 36.7 Å². The topological polar surface area (TPSA) is 41.6 Å². The van der Waals surface area contributed by atoms with Crippen molar-refractivity contribution >= 4 is 11.7 Å². The van der Waals surface area contributed by atoms with Crippen molar-refractivity contribution in [2.24, 2.45) is 5.92 Å². The van der Waals surface area contributed by atoms with Gasteiger partial charge in [-0.3, -0.25) is 0 Å². The van der Waals surface area contributed by atoms with Crippen molar-refractivity contribution in [3.8, 4) is 0 Å². The van der Waals surface area contributed by atoms with Crippen molar-refractivity contribution in [1.29, 1.82) is 0 Å². The Morgan fingerprint density at radius 2 is 2.24 bits per heavy atom. The fourth-order valence-electron chi connectivity index (χ4n) is 2.72. The number of rotatable bonds is 4. The van der Waals surface area contributed by atoms with Crippen LogP contribution < -0.4 is 5.32 Å². The summed E-state index contributed by atoms with van der Waals surface area (Å²) in [5.74, 6) is 0.0458. The molecule has 1 saturated carbocycles. The van der Waals surface area contributed by atoms with Crippen LogP contribution in [0.1, 0.15) is 24.8 Å². The molecule has 1 aromatic carbocycles. The van der Waals surface area contributed by atoms with Crippen LogP contribution in [-0.2, 0) is 4.74 Å². The number of halogens is 1. The van der Waals surface area contributed by atoms with Gasteiger partial charge in [0.05, 0.1) is 12.3 Å². The van der Waals surface area contributed by atoms with E-state index in [-0.39, 0.29) is 17.5 Å². The molecule has 0 radical (unpaired) electrons. The predicted octanol–water partition coefficient (Wildman–Crippen LogP) is 3.17. The van der Waals surface area contributed by atoms with Crippen molar-refractivity contribution < 1.29 is 13.9 Å². The molecule has 3 rings (SSSR count). The van der Waals surface area contributed by atoms with Crippen LogP contribution in [0.2, 0.25) is 0 Å². The summed E-state index contributed by atoms with van der Waals surface area (Å²) >= 11 is 0. The number of urea groups is 1. The van der Waals surface area contributed by atoms with Gasteiger partial charge in [-0.05, 0) is 37.8 Å². The summed E-state index contributed by atoms with van der Waals surface area (Å²) in [6.45, 7) is 3.88. The summed E-state index contributed by atoms with van der Waals surface area (Å²) in [4.78, 5) is 14.3. The minimum Gasteiger partial charge on any atom is -0.381 e. The van der Waals surface area contributed by atoms with Gasteiger partial charge in [0.25, 0.3) is 0 Å². The van der Waals surface area contributed by atoms with E-state index in [0.29, 0.717) is 24.1 Å². The number of anilines is 1. The Morgan fingerprint density at radius 3 is 2.90 bits per heavy atom. The number of aryl methyl sites for hydroxylation is 1. The maximum Gasteiger partial charge on any atom is 0.322 e. The second-order valence-corrected chi connectivity index (χ2v) is 5.98. The lowest BCUT2D eigenvalue weighted by Gasteiger charge is -2.25. The number of nitrogens with zero attached hydrogens (tertiary/aromatic N) is 1. The molecule has 2 fully saturated rings. The molecule has 1 unspecified atom stereocenters. The first kappa shape index (κ1) is 14.3. The summed E-state index contributed by atoms with van der Waals surface area (Å²) in [5.41, 5.74) is 0.795. The quantitative estimate of drug-likeness (QED) is 0.926. The summed E-state index contributed by atoms with van der Waals surface area (Å²) in [6, 6.07) is 5.15. The fourth-order valence-corrected chi connectivity index (χ4v) is 2.72. The SMILES string of the molecule is Cc1cccc(NC(=O)N(CC2CCOC2)C2CC2)c1F. The molecule has 1 aliphatic heterocycles. The van der Waals surface area contributed by atoms with Crippen molar-refractivity contribution in [1.82, 2.24) is 4.90 Å². The van der Waals surface area contributed by atoms with E-state index in [9.17, 15) is 9.18 Å². The Morgan fingerprint density at radius 1 is 1.43 bits per heavy atom. The lowest BCUT2D eigenvalue weighted by atomic mass is 10.1. The average molecular weight is 292 g/mol. The normalized spacial score (nSPS) is 21.3. The molecule has 1 aliphatic carbocycles. The first-order valence-electron chi connectivity index (χ1n) is 7.55. The number of hydrogen-bond acceptors (Lipinski definition) is 2. The fraction of sp³-hybridized carbons (Fsp3) is 0.562. The summed E-state index contributed by atoms with van der Waals surface area (Å²) in [7, 11) is 0. The van der Waals surface area contributed by atoms with Gasteiger partial charge in [-0.15, -0.1) is 0 Å². The van der Waals surface area contributed by atoms with E-state index in [1.54, 1.807) is 25.1 Å². The third-order valence-electron chi connectivity index (χ3n) is 4.16. The largest absolute Gasteiger partial charge is 0.381 e. The molecule has 0 aromatic heterocycles. The van der Waals surface area contributed by atoms with E-state index < -0.39 is 0 Å². The minimum atomic E-state index is -0.356. The molecule has 1 atom stereocenters. The lowest BCUT2D eigenvalue weighted by Crippen LogP contribution is -2.40. The molecule has 4 nitrogen and oxygen atoms in total. The van der Waals surface area contributed by atoms with Gasteiger partial charge in [0.2, 0.25) is 0 Å². The second kappa shape index (κ2) is 6.02. The second-order valence-electron chi connectivity index (χ2n) is 5.98. The molecular formula is C16H21FN2O2. The smallest absolute Gasteiger partial charge is 0.322 e. The van der Waals surface area contributed by atoms with E-state index >= 15 is 0 Å². The first-order chi connectivity index (χ1) is 10.1. The van der Waals surface area contributed by atoms with Crippen molar-refractivity contribution in [2.75, 3.05) is 25.1 Å². The predicted molar refractivity (Wildman–Crippen MR) is 78.8 cm³/mol. The zero-order chi connectivity index (χ0) is 14.8. The molecule has 114 valence electrons. The van der Waals surface area contributed by atoms with Gasteiger partial charge in [0, 0.05) is 25.1 Å². The third-order valence-corrected chi connectivity index (χ3v) is 4.16. The summed E-state index contributed by atoms with van der Waals surface area (Å²) in [5, 5.41) is 2.72. The highest BCUT2D eigenvalue weighted by Gasteiger charge is 2.35. The zero-order valence-electron chi connectivity index (χ0n) is 12.3. The van der Waals surface area contributed by atoms with Gasteiger partial charge in [-0.2, -0.15) is 0 Å². The summed E-state index contributed by atoms with van der Waals surface area (Å²) in [6.07, 6.45) is 3.07. The van der Waals surface area contributed by atoms with Crippen molar-refractivity contribution in [2.45, 2.75) is 32.2 Å². The maximum atomic E-state index is 14.0. The van der Waals surface area contributed by atoms with Crippen LogP contribution in [0.25, 0.3) is 0 Å². The molecule has 1 heterocycles. The van der Waals surface area contributed by atoms with Gasteiger partial charge >= 0.3 is 6.03 Å². The van der Waals surface area contributed by atoms with Crippen LogP contribution in [0.15, 0.2) is 18.2 Å². The molecule has 2 aliphatic rings. The van der Waals surface area contributed by atoms with E-state index in [0.717, 1.165) is 32.5 Å². The minimum absolute atomic E-state index is 0.200. The zero-order valence-corrected chi connectivity index (χ0v) is 12.3. The molecule has 2 amide bonds. The number of benzene rings is 1. The highest BCUT2D eigenvalue weighted by atomic mass is 19.1. The number of hydrogen-bond donors (Lipinski definition) is 1. The van der Waals surface area contributed by atoms with Gasteiger partial charge in [0.1, 0.15) is 5.82 Å². The molecule has 1 aromatic rings. The number of amides is 2. The van der Waals surface area contributed by atoms with Crippen LogP contribution in [0, 0.1) is 18.7 Å². The van der Waals surface area contributed by atoms with E-state index in [4.69, 9.17) is 4.74 Å². The van der Waals surface area contributed by atoms with Gasteiger partial charge < -0.3 is 15.0 Å². The standard InChI is InChI=1S/C16H21FN2O2/c1-11-3-2-4-14(15(11)17)18-16(20)19(13-5-6-13)9-12-7-8-21-10-12/h2-4,12-13H,5-10H2,1H3,(H,18,20). The molecular weight excluding hydrogens is 271 g/mol. The van der Waals surface area contributed by atoms with E-state index in [1.165, 1.54) is 0 Å². The Kier molecular flexibility index (Phi) is 4.10. The molecule has 0 spiro atoms. The van der Waals surface area contributed by atoms with Gasteiger partial charge in [-0.1, -0.05) is 12.1 Å². The number of nitrogens with one attached hydrogen (secondary N) is 1. The van der Waals surface area contributed by atoms with Gasteiger partial charge in [0.15, 0.2) is 0 Å². The summed E-state index contributed by atoms with van der Waals surface area (Å²) < 4.78 is 19.4. The highest BCUT2D eigenvalue weighted by molar-refractivity contribution is 5.90. The molecule has 0 bridgehead atoms. The highest BCUT2D eigenvalue weighted by Crippen LogP contribution is 2.30. The molecule has 21 heavy (non-hydrogen) atoms. The number of carbonyl (C=O) groups is 1. The van der Waals surface area contributed by atoms with Crippen LogP contribution in [0.3, 0.4) is 0 Å². The average Bonchev–Trinajstić information content (AvgIpc) is 3.17.